The molecule has 1 atom stereocenters. The number of ether oxygens (including phenoxy) is 1. The Bertz CT molecular complexity index is 657. The van der Waals surface area contributed by atoms with Crippen LogP contribution in [-0.2, 0) is 0 Å². The Morgan fingerprint density at radius 1 is 1.23 bits per heavy atom. The first-order valence-corrected chi connectivity index (χ1v) is 10.5. The molecule has 2 rings (SSSR count). The number of halogens is 3. The van der Waals surface area contributed by atoms with E-state index < -0.39 is 12.5 Å². The van der Waals surface area contributed by atoms with Gasteiger partial charge in [0.25, 0.3) is 0 Å². The molecule has 1 aliphatic heterocycles. The van der Waals surface area contributed by atoms with Gasteiger partial charge in [0.15, 0.2) is 5.96 Å². The Morgan fingerprint density at radius 2 is 1.87 bits per heavy atom. The van der Waals surface area contributed by atoms with E-state index in [4.69, 9.17) is 0 Å². The zero-order valence-corrected chi connectivity index (χ0v) is 17.9. The van der Waals surface area contributed by atoms with Crippen molar-refractivity contribution in [2.45, 2.75) is 52.1 Å². The van der Waals surface area contributed by atoms with Gasteiger partial charge in [-0.3, -0.25) is 4.99 Å². The summed E-state index contributed by atoms with van der Waals surface area (Å²) < 4.78 is 40.6. The van der Waals surface area contributed by atoms with Crippen molar-refractivity contribution in [2.75, 3.05) is 32.7 Å². The molecule has 0 saturated carbocycles. The number of benzene rings is 1. The van der Waals surface area contributed by atoms with Crippen LogP contribution in [0.15, 0.2) is 29.3 Å². The fraction of sp³-hybridized carbons (Fsp3) is 0.667. The number of aliphatic hydroxyl groups excluding tert-OH is 1. The second-order valence-electron chi connectivity index (χ2n) is 7.97. The van der Waals surface area contributed by atoms with E-state index >= 15 is 0 Å². The molecule has 1 aromatic carbocycles. The van der Waals surface area contributed by atoms with Crippen LogP contribution in [0.1, 0.15) is 45.3 Å². The molecule has 30 heavy (non-hydrogen) atoms. The van der Waals surface area contributed by atoms with Crippen molar-refractivity contribution in [3.63, 3.8) is 0 Å². The average molecular weight is 431 g/mol. The maximum atomic E-state index is 12.2. The van der Waals surface area contributed by atoms with Crippen LogP contribution in [0.25, 0.3) is 0 Å². The van der Waals surface area contributed by atoms with E-state index in [2.05, 4.69) is 39.1 Å². The minimum Gasteiger partial charge on any atom is -0.406 e. The second kappa shape index (κ2) is 11.4. The number of alkyl halides is 3. The van der Waals surface area contributed by atoms with E-state index in [0.29, 0.717) is 30.0 Å². The molecule has 0 radical (unpaired) electrons. The lowest BCUT2D eigenvalue weighted by Crippen LogP contribution is -2.49. The van der Waals surface area contributed by atoms with Gasteiger partial charge in [0, 0.05) is 32.2 Å². The van der Waals surface area contributed by atoms with Gasteiger partial charge < -0.3 is 25.4 Å². The predicted octanol–water partition coefficient (Wildman–Crippen LogP) is 3.29. The summed E-state index contributed by atoms with van der Waals surface area (Å²) in [5.74, 6) is 0.973. The normalized spacial score (nSPS) is 17.8. The van der Waals surface area contributed by atoms with Gasteiger partial charge in [0.2, 0.25) is 0 Å². The van der Waals surface area contributed by atoms with Crippen LogP contribution in [0.5, 0.6) is 5.75 Å². The van der Waals surface area contributed by atoms with Crippen LogP contribution < -0.4 is 15.4 Å². The molecule has 1 aromatic rings. The minimum absolute atomic E-state index is 0.0982. The molecule has 1 unspecified atom stereocenters. The van der Waals surface area contributed by atoms with E-state index in [1.165, 1.54) is 24.3 Å². The number of guanidine groups is 1. The summed E-state index contributed by atoms with van der Waals surface area (Å²) >= 11 is 0. The number of hydrogen-bond acceptors (Lipinski definition) is 4. The number of rotatable bonds is 8. The molecular formula is C21H33F3N4O2. The third-order valence-electron chi connectivity index (χ3n) is 4.82. The van der Waals surface area contributed by atoms with Crippen molar-refractivity contribution in [3.05, 3.63) is 29.8 Å². The Hall–Kier alpha value is -2.00. The Kier molecular flexibility index (Phi) is 9.23. The highest BCUT2D eigenvalue weighted by atomic mass is 19.4. The Balaban J connectivity index is 1.88. The van der Waals surface area contributed by atoms with Gasteiger partial charge in [0.1, 0.15) is 5.75 Å². The molecule has 0 amide bonds. The van der Waals surface area contributed by atoms with E-state index in [0.717, 1.165) is 32.5 Å². The van der Waals surface area contributed by atoms with E-state index in [1.54, 1.807) is 0 Å². The van der Waals surface area contributed by atoms with Crippen LogP contribution in [0.3, 0.4) is 0 Å². The predicted molar refractivity (Wildman–Crippen MR) is 111 cm³/mol. The summed E-state index contributed by atoms with van der Waals surface area (Å²) in [4.78, 5) is 6.93. The lowest BCUT2D eigenvalue weighted by atomic mass is 10.0. The lowest BCUT2D eigenvalue weighted by molar-refractivity contribution is -0.274. The van der Waals surface area contributed by atoms with E-state index in [-0.39, 0.29) is 12.3 Å². The van der Waals surface area contributed by atoms with Gasteiger partial charge in [-0.25, -0.2) is 0 Å². The zero-order valence-electron chi connectivity index (χ0n) is 17.9. The summed E-state index contributed by atoms with van der Waals surface area (Å²) in [6, 6.07) is 5.51. The summed E-state index contributed by atoms with van der Waals surface area (Å²) in [5.41, 5.74) is 0.478. The Morgan fingerprint density at radius 3 is 2.40 bits per heavy atom. The molecule has 0 aromatic heterocycles. The second-order valence-corrected chi connectivity index (χ2v) is 7.97. The van der Waals surface area contributed by atoms with Crippen molar-refractivity contribution < 1.29 is 23.0 Å². The number of nitrogens with zero attached hydrogens (tertiary/aromatic N) is 2. The summed E-state index contributed by atoms with van der Waals surface area (Å²) in [6.07, 6.45) is -3.60. The first-order chi connectivity index (χ1) is 14.2. The third kappa shape index (κ3) is 8.79. The number of hydrogen-bond donors (Lipinski definition) is 3. The van der Waals surface area contributed by atoms with E-state index in [1.807, 2.05) is 6.92 Å². The van der Waals surface area contributed by atoms with Gasteiger partial charge in [-0.15, -0.1) is 13.2 Å². The van der Waals surface area contributed by atoms with Crippen LogP contribution in [0.4, 0.5) is 13.2 Å². The molecule has 0 aliphatic carbocycles. The summed E-state index contributed by atoms with van der Waals surface area (Å²) in [7, 11) is 0. The first-order valence-electron chi connectivity index (χ1n) is 10.5. The van der Waals surface area contributed by atoms with Gasteiger partial charge in [-0.2, -0.15) is 0 Å². The molecule has 6 nitrogen and oxygen atoms in total. The SMILES string of the molecule is CCNC(=NCC(O)c1ccc(OC(F)(F)F)cc1)NC1CCN(CC(C)C)CC1. The molecular weight excluding hydrogens is 397 g/mol. The molecule has 9 heteroatoms. The zero-order chi connectivity index (χ0) is 22.1. The van der Waals surface area contributed by atoms with Gasteiger partial charge in [0.05, 0.1) is 12.6 Å². The minimum atomic E-state index is -4.73. The van der Waals surface area contributed by atoms with Crippen molar-refractivity contribution >= 4 is 5.96 Å². The first kappa shape index (κ1) is 24.3. The van der Waals surface area contributed by atoms with Crippen molar-refractivity contribution in [3.8, 4) is 5.75 Å². The van der Waals surface area contributed by atoms with Crippen LogP contribution in [-0.4, -0.2) is 61.1 Å². The fourth-order valence-corrected chi connectivity index (χ4v) is 3.46. The van der Waals surface area contributed by atoms with Crippen molar-refractivity contribution in [2.24, 2.45) is 10.9 Å². The number of aliphatic hydroxyl groups is 1. The van der Waals surface area contributed by atoms with Crippen molar-refractivity contribution in [1.82, 2.24) is 15.5 Å². The topological polar surface area (TPSA) is 69.1 Å². The largest absolute Gasteiger partial charge is 0.573 e. The van der Waals surface area contributed by atoms with Crippen LogP contribution in [0.2, 0.25) is 0 Å². The standard InChI is InChI=1S/C21H33F3N4O2/c1-4-25-20(27-17-9-11-28(12-10-17)14-15(2)3)26-13-19(29)16-5-7-18(8-6-16)30-21(22,23)24/h5-8,15,17,19,29H,4,9-14H2,1-3H3,(H2,25,26,27). The average Bonchev–Trinajstić information content (AvgIpc) is 2.66. The Labute approximate surface area is 176 Å². The fourth-order valence-electron chi connectivity index (χ4n) is 3.46. The van der Waals surface area contributed by atoms with E-state index in [9.17, 15) is 18.3 Å². The highest BCUT2D eigenvalue weighted by molar-refractivity contribution is 5.80. The number of nitrogens with one attached hydrogen (secondary N) is 2. The van der Waals surface area contributed by atoms with Gasteiger partial charge >= 0.3 is 6.36 Å². The molecule has 170 valence electrons. The number of likely N-dealkylation sites (tertiary alicyclic amines) is 1. The van der Waals surface area contributed by atoms with Crippen LogP contribution >= 0.6 is 0 Å². The highest BCUT2D eigenvalue weighted by Gasteiger charge is 2.31. The van der Waals surface area contributed by atoms with Crippen molar-refractivity contribution in [1.29, 1.82) is 0 Å². The maximum absolute atomic E-state index is 12.2. The molecule has 0 spiro atoms. The monoisotopic (exact) mass is 430 g/mol. The third-order valence-corrected chi connectivity index (χ3v) is 4.82. The van der Waals surface area contributed by atoms with Gasteiger partial charge in [-0.05, 0) is 43.4 Å². The van der Waals surface area contributed by atoms with Gasteiger partial charge in [-0.1, -0.05) is 26.0 Å². The highest BCUT2D eigenvalue weighted by Crippen LogP contribution is 2.24. The lowest BCUT2D eigenvalue weighted by Gasteiger charge is -2.34. The maximum Gasteiger partial charge on any atom is 0.573 e. The number of piperidine rings is 1. The molecule has 1 fully saturated rings. The molecule has 1 heterocycles. The molecule has 3 N–H and O–H groups in total. The van der Waals surface area contributed by atoms with Crippen LogP contribution in [0, 0.1) is 5.92 Å². The smallest absolute Gasteiger partial charge is 0.406 e. The molecule has 0 bridgehead atoms. The quantitative estimate of drug-likeness (QED) is 0.436. The molecule has 1 saturated heterocycles. The summed E-state index contributed by atoms with van der Waals surface area (Å²) in [6.45, 7) is 10.4. The molecule has 1 aliphatic rings. The number of aliphatic imine (C=N–C) groups is 1. The summed E-state index contributed by atoms with van der Waals surface area (Å²) in [5, 5.41) is 17.0.